The first kappa shape index (κ1) is 12.4. The molecule has 1 aliphatic heterocycles. The van der Waals surface area contributed by atoms with E-state index in [0.29, 0.717) is 23.7 Å². The minimum Gasteiger partial charge on any atom is -0.391 e. The van der Waals surface area contributed by atoms with Crippen LogP contribution in [0, 0.1) is 6.92 Å². The molecule has 0 bridgehead atoms. The summed E-state index contributed by atoms with van der Waals surface area (Å²) >= 11 is 5.94. The molecule has 1 aromatic rings. The number of nitrogens with zero attached hydrogens (tertiary/aromatic N) is 1. The van der Waals surface area contributed by atoms with E-state index in [2.05, 4.69) is 0 Å². The van der Waals surface area contributed by atoms with E-state index in [-0.39, 0.29) is 5.91 Å². The third kappa shape index (κ3) is 2.99. The second-order valence-electron chi connectivity index (χ2n) is 4.56. The molecule has 1 N–H and O–H groups in total. The van der Waals surface area contributed by atoms with Crippen LogP contribution in [0.3, 0.4) is 0 Å². The van der Waals surface area contributed by atoms with Crippen LogP contribution in [0.25, 0.3) is 0 Å². The summed E-state index contributed by atoms with van der Waals surface area (Å²) in [4.78, 5) is 13.9. The van der Waals surface area contributed by atoms with Crippen LogP contribution >= 0.6 is 11.6 Å². The van der Waals surface area contributed by atoms with Crippen molar-refractivity contribution in [2.45, 2.75) is 25.9 Å². The number of likely N-dealkylation sites (tertiary alicyclic amines) is 1. The van der Waals surface area contributed by atoms with Crippen LogP contribution in [0.4, 0.5) is 0 Å². The Hall–Kier alpha value is -1.06. The number of amides is 1. The van der Waals surface area contributed by atoms with E-state index < -0.39 is 6.10 Å². The second-order valence-corrected chi connectivity index (χ2v) is 5.00. The molecular formula is C13H16ClNO2. The summed E-state index contributed by atoms with van der Waals surface area (Å²) in [5.41, 5.74) is 1.57. The average Bonchev–Trinajstić information content (AvgIpc) is 2.26. The van der Waals surface area contributed by atoms with E-state index >= 15 is 0 Å². The summed E-state index contributed by atoms with van der Waals surface area (Å²) < 4.78 is 0. The zero-order valence-electron chi connectivity index (χ0n) is 9.82. The lowest BCUT2D eigenvalue weighted by Crippen LogP contribution is -2.42. The molecule has 17 heavy (non-hydrogen) atoms. The van der Waals surface area contributed by atoms with E-state index in [4.69, 9.17) is 11.6 Å². The number of hydrogen-bond acceptors (Lipinski definition) is 2. The molecule has 0 saturated carbocycles. The molecular weight excluding hydrogens is 238 g/mol. The highest BCUT2D eigenvalue weighted by atomic mass is 35.5. The molecule has 2 rings (SSSR count). The number of aliphatic hydroxyl groups excluding tert-OH is 1. The van der Waals surface area contributed by atoms with Gasteiger partial charge in [0.1, 0.15) is 0 Å². The second kappa shape index (κ2) is 5.07. The summed E-state index contributed by atoms with van der Waals surface area (Å²) in [6.07, 6.45) is 1.23. The van der Waals surface area contributed by atoms with Gasteiger partial charge in [-0.3, -0.25) is 4.79 Å². The lowest BCUT2D eigenvalue weighted by atomic mass is 10.1. The Labute approximate surface area is 106 Å². The van der Waals surface area contributed by atoms with Crippen LogP contribution in [0.2, 0.25) is 5.02 Å². The van der Waals surface area contributed by atoms with Gasteiger partial charge in [-0.1, -0.05) is 11.6 Å². The van der Waals surface area contributed by atoms with Gasteiger partial charge in [0, 0.05) is 23.7 Å². The van der Waals surface area contributed by atoms with Crippen molar-refractivity contribution in [1.82, 2.24) is 4.90 Å². The molecule has 1 heterocycles. The molecule has 1 fully saturated rings. The predicted molar refractivity (Wildman–Crippen MR) is 67.3 cm³/mol. The normalized spacial score (nSPS) is 20.4. The summed E-state index contributed by atoms with van der Waals surface area (Å²) in [5.74, 6) is -0.0469. The van der Waals surface area contributed by atoms with Crippen LogP contribution in [0.5, 0.6) is 0 Å². The molecule has 0 spiro atoms. The highest BCUT2D eigenvalue weighted by Gasteiger charge is 2.23. The maximum atomic E-state index is 12.2. The van der Waals surface area contributed by atoms with Crippen molar-refractivity contribution >= 4 is 17.5 Å². The van der Waals surface area contributed by atoms with Gasteiger partial charge in [-0.05, 0) is 43.5 Å². The Bertz CT molecular complexity index is 413. The maximum Gasteiger partial charge on any atom is 0.254 e. The first-order chi connectivity index (χ1) is 8.06. The standard InChI is InChI=1S/C13H16ClNO2/c1-9-5-10(7-11(14)6-9)13(17)15-4-2-3-12(16)8-15/h5-7,12,16H,2-4,8H2,1H3/t12-/m0/s1. The van der Waals surface area contributed by atoms with E-state index in [0.717, 1.165) is 18.4 Å². The molecule has 1 amide bonds. The lowest BCUT2D eigenvalue weighted by molar-refractivity contribution is 0.0473. The number of carbonyl (C=O) groups is 1. The molecule has 92 valence electrons. The number of rotatable bonds is 1. The van der Waals surface area contributed by atoms with Crippen LogP contribution in [-0.2, 0) is 0 Å². The van der Waals surface area contributed by atoms with Gasteiger partial charge in [0.2, 0.25) is 0 Å². The maximum absolute atomic E-state index is 12.2. The third-order valence-electron chi connectivity index (χ3n) is 2.97. The summed E-state index contributed by atoms with van der Waals surface area (Å²) in [5, 5.41) is 10.1. The monoisotopic (exact) mass is 253 g/mol. The molecule has 0 aromatic heterocycles. The third-order valence-corrected chi connectivity index (χ3v) is 3.19. The smallest absolute Gasteiger partial charge is 0.254 e. The molecule has 4 heteroatoms. The van der Waals surface area contributed by atoms with Crippen LogP contribution in [0.15, 0.2) is 18.2 Å². The number of halogens is 1. The fraction of sp³-hybridized carbons (Fsp3) is 0.462. The van der Waals surface area contributed by atoms with Gasteiger partial charge in [-0.2, -0.15) is 0 Å². The van der Waals surface area contributed by atoms with Crippen molar-refractivity contribution in [3.8, 4) is 0 Å². The van der Waals surface area contributed by atoms with Crippen LogP contribution < -0.4 is 0 Å². The SMILES string of the molecule is Cc1cc(Cl)cc(C(=O)N2CCC[C@H](O)C2)c1. The van der Waals surface area contributed by atoms with Crippen LogP contribution in [-0.4, -0.2) is 35.1 Å². The minimum absolute atomic E-state index is 0.0469. The number of aryl methyl sites for hydroxylation is 1. The molecule has 1 aliphatic rings. The molecule has 1 saturated heterocycles. The Kier molecular flexibility index (Phi) is 3.69. The molecule has 3 nitrogen and oxygen atoms in total. The Morgan fingerprint density at radius 1 is 1.47 bits per heavy atom. The largest absolute Gasteiger partial charge is 0.391 e. The van der Waals surface area contributed by atoms with Gasteiger partial charge in [0.15, 0.2) is 0 Å². The quantitative estimate of drug-likeness (QED) is 0.834. The fourth-order valence-electron chi connectivity index (χ4n) is 2.18. The van der Waals surface area contributed by atoms with Crippen molar-refractivity contribution in [3.63, 3.8) is 0 Å². The molecule has 1 atom stereocenters. The first-order valence-electron chi connectivity index (χ1n) is 5.81. The number of aliphatic hydroxyl groups is 1. The minimum atomic E-state index is -0.395. The van der Waals surface area contributed by atoms with Gasteiger partial charge < -0.3 is 10.0 Å². The number of β-amino-alcohol motifs (C(OH)–C–C–N with tert-alkyl or cyclic N) is 1. The molecule has 0 unspecified atom stereocenters. The Balaban J connectivity index is 2.18. The van der Waals surface area contributed by atoms with Crippen molar-refractivity contribution in [2.75, 3.05) is 13.1 Å². The predicted octanol–water partition coefficient (Wildman–Crippen LogP) is 2.25. The molecule has 0 radical (unpaired) electrons. The number of piperidine rings is 1. The topological polar surface area (TPSA) is 40.5 Å². The summed E-state index contributed by atoms with van der Waals surface area (Å²) in [7, 11) is 0. The van der Waals surface area contributed by atoms with E-state index in [1.54, 1.807) is 11.0 Å². The van der Waals surface area contributed by atoms with Crippen molar-refractivity contribution in [1.29, 1.82) is 0 Å². The van der Waals surface area contributed by atoms with Gasteiger partial charge >= 0.3 is 0 Å². The van der Waals surface area contributed by atoms with Crippen LogP contribution in [0.1, 0.15) is 28.8 Å². The summed E-state index contributed by atoms with van der Waals surface area (Å²) in [6.45, 7) is 3.04. The van der Waals surface area contributed by atoms with E-state index in [9.17, 15) is 9.90 Å². The van der Waals surface area contributed by atoms with Gasteiger partial charge in [-0.15, -0.1) is 0 Å². The average molecular weight is 254 g/mol. The first-order valence-corrected chi connectivity index (χ1v) is 6.18. The highest BCUT2D eigenvalue weighted by Crippen LogP contribution is 2.18. The van der Waals surface area contributed by atoms with Crippen molar-refractivity contribution in [3.05, 3.63) is 34.3 Å². The van der Waals surface area contributed by atoms with E-state index in [1.807, 2.05) is 19.1 Å². The molecule has 0 aliphatic carbocycles. The number of benzene rings is 1. The highest BCUT2D eigenvalue weighted by molar-refractivity contribution is 6.31. The Morgan fingerprint density at radius 2 is 2.24 bits per heavy atom. The fourth-order valence-corrected chi connectivity index (χ4v) is 2.47. The number of hydrogen-bond donors (Lipinski definition) is 1. The van der Waals surface area contributed by atoms with Crippen molar-refractivity contribution in [2.24, 2.45) is 0 Å². The van der Waals surface area contributed by atoms with Gasteiger partial charge in [-0.25, -0.2) is 0 Å². The van der Waals surface area contributed by atoms with Crippen molar-refractivity contribution < 1.29 is 9.90 Å². The zero-order valence-corrected chi connectivity index (χ0v) is 10.6. The Morgan fingerprint density at radius 3 is 2.88 bits per heavy atom. The summed E-state index contributed by atoms with van der Waals surface area (Å²) in [6, 6.07) is 5.33. The van der Waals surface area contributed by atoms with E-state index in [1.165, 1.54) is 0 Å². The zero-order chi connectivity index (χ0) is 12.4. The van der Waals surface area contributed by atoms with Gasteiger partial charge in [0.05, 0.1) is 6.10 Å². The lowest BCUT2D eigenvalue weighted by Gasteiger charge is -2.30. The number of carbonyl (C=O) groups excluding carboxylic acids is 1. The molecule has 1 aromatic carbocycles. The van der Waals surface area contributed by atoms with Gasteiger partial charge in [0.25, 0.3) is 5.91 Å².